The highest BCUT2D eigenvalue weighted by molar-refractivity contribution is 6.21. The average molecular weight is 458 g/mol. The first-order chi connectivity index (χ1) is 16.4. The fourth-order valence-corrected chi connectivity index (χ4v) is 3.22. The Morgan fingerprint density at radius 1 is 1.15 bits per heavy atom. The van der Waals surface area contributed by atoms with Crippen molar-refractivity contribution >= 4 is 28.3 Å². The van der Waals surface area contributed by atoms with Crippen LogP contribution < -0.4 is 27.4 Å². The topological polar surface area (TPSA) is 151 Å². The molecule has 3 heterocycles. The number of rotatable bonds is 9. The summed E-state index contributed by atoms with van der Waals surface area (Å²) in [6.07, 6.45) is 8.56. The van der Waals surface area contributed by atoms with Gasteiger partial charge in [0.2, 0.25) is 0 Å². The van der Waals surface area contributed by atoms with E-state index in [-0.39, 0.29) is 11.8 Å². The van der Waals surface area contributed by atoms with Gasteiger partial charge in [0.1, 0.15) is 17.5 Å². The zero-order valence-corrected chi connectivity index (χ0v) is 19.6. The fourth-order valence-electron chi connectivity index (χ4n) is 3.22. The highest BCUT2D eigenvalue weighted by atomic mass is 15.1. The Kier molecular flexibility index (Phi) is 8.17. The minimum absolute atomic E-state index is 0.248. The van der Waals surface area contributed by atoms with Crippen LogP contribution in [0.1, 0.15) is 25.1 Å². The summed E-state index contributed by atoms with van der Waals surface area (Å²) in [4.78, 5) is 13.5. The van der Waals surface area contributed by atoms with E-state index in [4.69, 9.17) is 16.9 Å². The SMILES string of the molecule is CN/C=C(\C(=N)NCc1ccccn1)c1cnc2ccc(N/C(N)=C/C(=C\N)C(C)C)nc2c1. The second-order valence-corrected chi connectivity index (χ2v) is 7.90. The lowest BCUT2D eigenvalue weighted by Gasteiger charge is -2.13. The zero-order valence-electron chi connectivity index (χ0n) is 19.6. The molecule has 8 N–H and O–H groups in total. The van der Waals surface area contributed by atoms with Gasteiger partial charge in [0, 0.05) is 36.8 Å². The maximum absolute atomic E-state index is 8.55. The van der Waals surface area contributed by atoms with E-state index in [0.717, 1.165) is 22.3 Å². The Balaban J connectivity index is 1.83. The van der Waals surface area contributed by atoms with Gasteiger partial charge in [-0.15, -0.1) is 0 Å². The van der Waals surface area contributed by atoms with Gasteiger partial charge in [-0.1, -0.05) is 19.9 Å². The van der Waals surface area contributed by atoms with Crippen LogP contribution >= 0.6 is 0 Å². The Hall–Kier alpha value is -4.40. The predicted molar refractivity (Wildman–Crippen MR) is 138 cm³/mol. The Morgan fingerprint density at radius 3 is 2.65 bits per heavy atom. The van der Waals surface area contributed by atoms with Gasteiger partial charge < -0.3 is 27.4 Å². The van der Waals surface area contributed by atoms with Gasteiger partial charge in [0.25, 0.3) is 0 Å². The third-order valence-corrected chi connectivity index (χ3v) is 5.03. The minimum atomic E-state index is 0.248. The van der Waals surface area contributed by atoms with E-state index >= 15 is 0 Å². The van der Waals surface area contributed by atoms with Gasteiger partial charge >= 0.3 is 0 Å². The van der Waals surface area contributed by atoms with E-state index in [1.54, 1.807) is 37.9 Å². The molecule has 9 nitrogen and oxygen atoms in total. The van der Waals surface area contributed by atoms with Gasteiger partial charge in [-0.25, -0.2) is 4.98 Å². The van der Waals surface area contributed by atoms with E-state index in [1.807, 2.05) is 50.2 Å². The maximum Gasteiger partial charge on any atom is 0.132 e. The van der Waals surface area contributed by atoms with E-state index < -0.39 is 0 Å². The Morgan fingerprint density at radius 2 is 1.97 bits per heavy atom. The van der Waals surface area contributed by atoms with Crippen LogP contribution in [0.4, 0.5) is 5.82 Å². The van der Waals surface area contributed by atoms with E-state index in [1.165, 1.54) is 0 Å². The first kappa shape index (κ1) is 24.2. The lowest BCUT2D eigenvalue weighted by molar-refractivity contribution is 0.786. The van der Waals surface area contributed by atoms with Crippen molar-refractivity contribution in [1.82, 2.24) is 25.6 Å². The molecule has 0 aromatic carbocycles. The molecule has 34 heavy (non-hydrogen) atoms. The number of nitrogens with two attached hydrogens (primary N) is 2. The number of anilines is 1. The standard InChI is InChI=1S/C25H31N9/c1-16(2)17(12-26)11-23(27)34-24-8-7-21-22(33-24)10-18(13-31-21)20(15-29-3)25(28)32-14-19-6-4-5-9-30-19/h4-13,15-16,29H,14,26-27H2,1-3H3,(H2,28,32)(H,33,34)/b17-12+,20-15-,23-11+. The molecule has 0 fully saturated rings. The van der Waals surface area contributed by atoms with E-state index in [0.29, 0.717) is 29.3 Å². The molecule has 0 aliphatic rings. The summed E-state index contributed by atoms with van der Waals surface area (Å²) in [6, 6.07) is 11.3. The normalized spacial score (nSPS) is 12.6. The monoisotopic (exact) mass is 457 g/mol. The highest BCUT2D eigenvalue weighted by Gasteiger charge is 2.11. The van der Waals surface area contributed by atoms with Crippen LogP contribution in [-0.4, -0.2) is 27.8 Å². The van der Waals surface area contributed by atoms with Crippen LogP contribution in [0, 0.1) is 11.3 Å². The molecule has 0 radical (unpaired) electrons. The number of amidine groups is 1. The number of hydrogen-bond donors (Lipinski definition) is 6. The number of allylic oxidation sites excluding steroid dienone is 2. The van der Waals surface area contributed by atoms with E-state index in [2.05, 4.69) is 30.9 Å². The summed E-state index contributed by atoms with van der Waals surface area (Å²) in [6.45, 7) is 4.53. The molecular weight excluding hydrogens is 426 g/mol. The molecule has 3 aromatic heterocycles. The molecule has 3 rings (SSSR count). The van der Waals surface area contributed by atoms with Crippen molar-refractivity contribution in [3.63, 3.8) is 0 Å². The summed E-state index contributed by atoms with van der Waals surface area (Å²) < 4.78 is 0. The molecule has 0 amide bonds. The summed E-state index contributed by atoms with van der Waals surface area (Å²) in [7, 11) is 1.79. The molecule has 9 heteroatoms. The van der Waals surface area contributed by atoms with Gasteiger partial charge in [-0.2, -0.15) is 0 Å². The zero-order chi connectivity index (χ0) is 24.5. The molecular formula is C25H31N9. The maximum atomic E-state index is 8.55. The van der Waals surface area contributed by atoms with Crippen molar-refractivity contribution in [2.45, 2.75) is 20.4 Å². The van der Waals surface area contributed by atoms with E-state index in [9.17, 15) is 0 Å². The van der Waals surface area contributed by atoms with Crippen molar-refractivity contribution in [3.05, 3.63) is 89.9 Å². The average Bonchev–Trinajstić information content (AvgIpc) is 2.84. The molecule has 0 bridgehead atoms. The van der Waals surface area contributed by atoms with Crippen molar-refractivity contribution in [3.8, 4) is 0 Å². The highest BCUT2D eigenvalue weighted by Crippen LogP contribution is 2.21. The molecule has 3 aromatic rings. The van der Waals surface area contributed by atoms with Crippen molar-refractivity contribution in [2.24, 2.45) is 17.4 Å². The van der Waals surface area contributed by atoms with Crippen molar-refractivity contribution in [2.75, 3.05) is 12.4 Å². The lowest BCUT2D eigenvalue weighted by atomic mass is 10.0. The first-order valence-corrected chi connectivity index (χ1v) is 10.9. The lowest BCUT2D eigenvalue weighted by Crippen LogP contribution is -2.24. The van der Waals surface area contributed by atoms with Crippen LogP contribution in [0.15, 0.2) is 78.7 Å². The Bertz CT molecular complexity index is 1230. The smallest absolute Gasteiger partial charge is 0.132 e. The fraction of sp³-hybridized carbons (Fsp3) is 0.200. The Labute approximate surface area is 199 Å². The van der Waals surface area contributed by atoms with Crippen LogP contribution in [0.3, 0.4) is 0 Å². The van der Waals surface area contributed by atoms with Gasteiger partial charge in [0.15, 0.2) is 0 Å². The van der Waals surface area contributed by atoms with Crippen LogP contribution in [0.25, 0.3) is 16.6 Å². The molecule has 0 aliphatic carbocycles. The summed E-state index contributed by atoms with van der Waals surface area (Å²) in [5.41, 5.74) is 16.4. The minimum Gasteiger partial charge on any atom is -0.404 e. The van der Waals surface area contributed by atoms with Crippen molar-refractivity contribution in [1.29, 1.82) is 5.41 Å². The third kappa shape index (κ3) is 6.32. The predicted octanol–water partition coefficient (Wildman–Crippen LogP) is 3.06. The molecule has 0 saturated carbocycles. The second-order valence-electron chi connectivity index (χ2n) is 7.90. The second kappa shape index (κ2) is 11.5. The molecule has 0 aliphatic heterocycles. The molecule has 0 saturated heterocycles. The molecule has 176 valence electrons. The first-order valence-electron chi connectivity index (χ1n) is 10.9. The van der Waals surface area contributed by atoms with Gasteiger partial charge in [-0.3, -0.25) is 15.4 Å². The van der Waals surface area contributed by atoms with Crippen LogP contribution in [-0.2, 0) is 6.54 Å². The number of nitrogens with one attached hydrogen (secondary N) is 4. The van der Waals surface area contributed by atoms with Gasteiger partial charge in [0.05, 0.1) is 23.3 Å². The number of fused-ring (bicyclic) bond motifs is 1. The third-order valence-electron chi connectivity index (χ3n) is 5.03. The van der Waals surface area contributed by atoms with Gasteiger partial charge in [-0.05, 0) is 54.1 Å². The summed E-state index contributed by atoms with van der Waals surface area (Å²) in [5.74, 6) is 1.53. The molecule has 0 atom stereocenters. The quantitative estimate of drug-likeness (QED) is 0.163. The summed E-state index contributed by atoms with van der Waals surface area (Å²) >= 11 is 0. The summed E-state index contributed by atoms with van der Waals surface area (Å²) in [5, 5.41) is 17.8. The number of hydrogen-bond acceptors (Lipinski definition) is 8. The number of aromatic nitrogens is 3. The van der Waals surface area contributed by atoms with Crippen LogP contribution in [0.5, 0.6) is 0 Å². The number of pyridine rings is 3. The number of nitrogens with zero attached hydrogens (tertiary/aromatic N) is 3. The van der Waals surface area contributed by atoms with Crippen LogP contribution in [0.2, 0.25) is 0 Å². The molecule has 0 unspecified atom stereocenters. The van der Waals surface area contributed by atoms with Crippen molar-refractivity contribution < 1.29 is 0 Å². The molecule has 0 spiro atoms. The largest absolute Gasteiger partial charge is 0.404 e.